The van der Waals surface area contributed by atoms with Crippen molar-refractivity contribution in [2.24, 2.45) is 0 Å². The van der Waals surface area contributed by atoms with E-state index in [1.807, 2.05) is 6.07 Å². The van der Waals surface area contributed by atoms with Crippen molar-refractivity contribution < 1.29 is 9.90 Å². The van der Waals surface area contributed by atoms with Gasteiger partial charge in [-0.1, -0.05) is 0 Å². The predicted octanol–water partition coefficient (Wildman–Crippen LogP) is 1.60. The summed E-state index contributed by atoms with van der Waals surface area (Å²) in [6, 6.07) is 4.45. The largest absolute Gasteiger partial charge is 0.478 e. The number of carbonyl (C=O) groups is 1. The van der Waals surface area contributed by atoms with Gasteiger partial charge in [0, 0.05) is 4.47 Å². The van der Waals surface area contributed by atoms with E-state index in [4.69, 9.17) is 16.1 Å². The number of nitriles is 1. The minimum absolute atomic E-state index is 0.0331. The van der Waals surface area contributed by atoms with Crippen LogP contribution in [0.25, 0.3) is 0 Å². The Morgan fingerprint density at radius 1 is 1.62 bits per heavy atom. The molecule has 0 radical (unpaired) electrons. The Balaban J connectivity index is 3.41. The fourth-order valence-electron chi connectivity index (χ4n) is 0.849. The summed E-state index contributed by atoms with van der Waals surface area (Å²) in [5.41, 5.74) is 5.92. The lowest BCUT2D eigenvalue weighted by molar-refractivity contribution is 0.0696. The van der Waals surface area contributed by atoms with Crippen molar-refractivity contribution in [2.75, 3.05) is 5.73 Å². The molecule has 1 rings (SSSR count). The first-order valence-electron chi connectivity index (χ1n) is 3.28. The molecule has 0 unspecified atom stereocenters. The van der Waals surface area contributed by atoms with E-state index in [0.717, 1.165) is 0 Å². The molecule has 13 heavy (non-hydrogen) atoms. The van der Waals surface area contributed by atoms with Crippen LogP contribution in [-0.2, 0) is 0 Å². The minimum Gasteiger partial charge on any atom is -0.478 e. The normalized spacial score (nSPS) is 9.23. The first-order chi connectivity index (χ1) is 6.06. The van der Waals surface area contributed by atoms with Gasteiger partial charge in [-0.05, 0) is 28.1 Å². The average molecular weight is 241 g/mol. The number of nitrogen functional groups attached to an aromatic ring is 1. The number of anilines is 1. The summed E-state index contributed by atoms with van der Waals surface area (Å²) in [5.74, 6) is -1.09. The van der Waals surface area contributed by atoms with E-state index < -0.39 is 5.97 Å². The molecule has 0 saturated heterocycles. The molecule has 0 fully saturated rings. The highest BCUT2D eigenvalue weighted by molar-refractivity contribution is 9.10. The Morgan fingerprint density at radius 3 is 2.69 bits per heavy atom. The molecule has 66 valence electrons. The standard InChI is InChI=1S/C8H5BrN2O2/c9-6-2-7(11)4(3-10)1-5(6)8(12)13/h1-2H,11H2,(H,12,13). The zero-order chi connectivity index (χ0) is 10.0. The van der Waals surface area contributed by atoms with E-state index in [1.54, 1.807) is 0 Å². The molecule has 0 aliphatic heterocycles. The van der Waals surface area contributed by atoms with Crippen LogP contribution >= 0.6 is 15.9 Å². The van der Waals surface area contributed by atoms with E-state index in [0.29, 0.717) is 4.47 Å². The second-order valence-corrected chi connectivity index (χ2v) is 3.19. The third-order valence-electron chi connectivity index (χ3n) is 1.49. The fraction of sp³-hybridized carbons (Fsp3) is 0. The predicted molar refractivity (Wildman–Crippen MR) is 50.2 cm³/mol. The number of nitrogens with zero attached hydrogens (tertiary/aromatic N) is 1. The molecular weight excluding hydrogens is 236 g/mol. The van der Waals surface area contributed by atoms with Crippen molar-refractivity contribution in [1.29, 1.82) is 5.26 Å². The lowest BCUT2D eigenvalue weighted by Gasteiger charge is -2.02. The Labute approximate surface area is 82.7 Å². The first kappa shape index (κ1) is 9.55. The second-order valence-electron chi connectivity index (χ2n) is 2.34. The van der Waals surface area contributed by atoms with Crippen LogP contribution in [-0.4, -0.2) is 11.1 Å². The van der Waals surface area contributed by atoms with Crippen LogP contribution in [0.3, 0.4) is 0 Å². The molecule has 1 aromatic carbocycles. The highest BCUT2D eigenvalue weighted by Gasteiger charge is 2.11. The van der Waals surface area contributed by atoms with Crippen molar-refractivity contribution in [3.63, 3.8) is 0 Å². The van der Waals surface area contributed by atoms with Crippen LogP contribution in [0, 0.1) is 11.3 Å². The summed E-state index contributed by atoms with van der Waals surface area (Å²) < 4.78 is 0.372. The van der Waals surface area contributed by atoms with E-state index in [9.17, 15) is 4.79 Å². The van der Waals surface area contributed by atoms with Gasteiger partial charge in [-0.25, -0.2) is 4.79 Å². The van der Waals surface area contributed by atoms with Crippen molar-refractivity contribution in [3.8, 4) is 6.07 Å². The Kier molecular flexibility index (Phi) is 2.54. The number of aromatic carboxylic acids is 1. The molecule has 0 amide bonds. The third-order valence-corrected chi connectivity index (χ3v) is 2.15. The maximum absolute atomic E-state index is 10.6. The monoisotopic (exact) mass is 240 g/mol. The van der Waals surface area contributed by atoms with E-state index >= 15 is 0 Å². The molecule has 0 aromatic heterocycles. The number of nitrogens with two attached hydrogens (primary N) is 1. The molecule has 0 atom stereocenters. The molecule has 0 saturated carbocycles. The number of hydrogen-bond donors (Lipinski definition) is 2. The molecule has 0 bridgehead atoms. The van der Waals surface area contributed by atoms with Crippen LogP contribution in [0.1, 0.15) is 15.9 Å². The summed E-state index contributed by atoms with van der Waals surface area (Å²) in [6.45, 7) is 0. The van der Waals surface area contributed by atoms with Crippen molar-refractivity contribution in [1.82, 2.24) is 0 Å². The fourth-order valence-corrected chi connectivity index (χ4v) is 1.38. The maximum Gasteiger partial charge on any atom is 0.336 e. The number of hydrogen-bond acceptors (Lipinski definition) is 3. The topological polar surface area (TPSA) is 87.1 Å². The maximum atomic E-state index is 10.6. The molecule has 3 N–H and O–H groups in total. The Morgan fingerprint density at radius 2 is 2.23 bits per heavy atom. The van der Waals surface area contributed by atoms with Gasteiger partial charge in [-0.15, -0.1) is 0 Å². The quantitative estimate of drug-likeness (QED) is 0.731. The lowest BCUT2D eigenvalue weighted by Crippen LogP contribution is -2.00. The number of rotatable bonds is 1. The van der Waals surface area contributed by atoms with Gasteiger partial charge in [0.05, 0.1) is 16.8 Å². The number of halogens is 1. The molecule has 0 aliphatic rings. The van der Waals surface area contributed by atoms with Gasteiger partial charge in [0.25, 0.3) is 0 Å². The van der Waals surface area contributed by atoms with E-state index in [2.05, 4.69) is 15.9 Å². The van der Waals surface area contributed by atoms with Crippen LogP contribution in [0.5, 0.6) is 0 Å². The van der Waals surface area contributed by atoms with Gasteiger partial charge < -0.3 is 10.8 Å². The summed E-state index contributed by atoms with van der Waals surface area (Å²) in [7, 11) is 0. The molecule has 0 spiro atoms. The van der Waals surface area contributed by atoms with Crippen molar-refractivity contribution in [3.05, 3.63) is 27.7 Å². The lowest BCUT2D eigenvalue weighted by atomic mass is 10.1. The molecule has 0 heterocycles. The van der Waals surface area contributed by atoms with E-state index in [1.165, 1.54) is 12.1 Å². The minimum atomic E-state index is -1.09. The summed E-state index contributed by atoms with van der Waals surface area (Å²) in [5, 5.41) is 17.3. The summed E-state index contributed by atoms with van der Waals surface area (Å²) in [6.07, 6.45) is 0. The van der Waals surface area contributed by atoms with Crippen molar-refractivity contribution in [2.45, 2.75) is 0 Å². The number of benzene rings is 1. The molecule has 1 aromatic rings. The van der Waals surface area contributed by atoms with Crippen LogP contribution in [0.2, 0.25) is 0 Å². The zero-order valence-corrected chi connectivity index (χ0v) is 8.00. The van der Waals surface area contributed by atoms with Gasteiger partial charge in [0.1, 0.15) is 6.07 Å². The first-order valence-corrected chi connectivity index (χ1v) is 4.08. The third kappa shape index (κ3) is 1.79. The highest BCUT2D eigenvalue weighted by Crippen LogP contribution is 2.23. The Hall–Kier alpha value is -1.54. The van der Waals surface area contributed by atoms with Crippen LogP contribution < -0.4 is 5.73 Å². The van der Waals surface area contributed by atoms with Gasteiger partial charge in [0.15, 0.2) is 0 Å². The van der Waals surface area contributed by atoms with Crippen LogP contribution in [0.4, 0.5) is 5.69 Å². The highest BCUT2D eigenvalue weighted by atomic mass is 79.9. The SMILES string of the molecule is N#Cc1cc(C(=O)O)c(Br)cc1N. The molecule has 0 aliphatic carbocycles. The molecule has 4 nitrogen and oxygen atoms in total. The summed E-state index contributed by atoms with van der Waals surface area (Å²) in [4.78, 5) is 10.6. The van der Waals surface area contributed by atoms with Gasteiger partial charge in [-0.3, -0.25) is 0 Å². The smallest absolute Gasteiger partial charge is 0.336 e. The Bertz CT molecular complexity index is 409. The van der Waals surface area contributed by atoms with Crippen molar-refractivity contribution >= 4 is 27.6 Å². The summed E-state index contributed by atoms with van der Waals surface area (Å²) >= 11 is 3.04. The molecular formula is C8H5BrN2O2. The zero-order valence-electron chi connectivity index (χ0n) is 6.41. The van der Waals surface area contributed by atoms with Gasteiger partial charge in [0.2, 0.25) is 0 Å². The number of carboxylic acid groups (broad SMARTS) is 1. The van der Waals surface area contributed by atoms with Gasteiger partial charge in [-0.2, -0.15) is 5.26 Å². The van der Waals surface area contributed by atoms with Crippen LogP contribution in [0.15, 0.2) is 16.6 Å². The van der Waals surface area contributed by atoms with E-state index in [-0.39, 0.29) is 16.8 Å². The van der Waals surface area contributed by atoms with Gasteiger partial charge >= 0.3 is 5.97 Å². The molecule has 5 heteroatoms. The average Bonchev–Trinajstić information content (AvgIpc) is 2.03. The number of carboxylic acids is 1. The second kappa shape index (κ2) is 3.46.